The van der Waals surface area contributed by atoms with Gasteiger partial charge < -0.3 is 15.8 Å². The van der Waals surface area contributed by atoms with Crippen molar-refractivity contribution in [2.75, 3.05) is 31.7 Å². The Morgan fingerprint density at radius 3 is 2.53 bits per heavy atom. The van der Waals surface area contributed by atoms with Gasteiger partial charge in [0.05, 0.1) is 17.4 Å². The summed E-state index contributed by atoms with van der Waals surface area (Å²) in [5.74, 6) is -3.16. The van der Waals surface area contributed by atoms with Crippen molar-refractivity contribution in [2.24, 2.45) is 0 Å². The molecule has 0 aromatic heterocycles. The van der Waals surface area contributed by atoms with Crippen molar-refractivity contribution in [1.82, 2.24) is 5.32 Å². The highest BCUT2D eigenvalue weighted by Gasteiger charge is 2.19. The molecule has 1 rings (SSSR count). The van der Waals surface area contributed by atoms with Crippen LogP contribution in [0, 0.1) is 11.6 Å². The van der Waals surface area contributed by atoms with Crippen molar-refractivity contribution < 1.29 is 22.5 Å². The lowest BCUT2D eigenvalue weighted by atomic mass is 10.3. The predicted molar refractivity (Wildman–Crippen MR) is 66.9 cm³/mol. The summed E-state index contributed by atoms with van der Waals surface area (Å²) in [5, 5.41) is 2.41. The minimum Gasteiger partial charge on any atom is -0.399 e. The van der Waals surface area contributed by atoms with Crippen LogP contribution in [0.3, 0.4) is 0 Å². The van der Waals surface area contributed by atoms with E-state index in [0.717, 1.165) is 12.1 Å². The standard InChI is InChI=1S/C11H14F2N2O3S/c1-18-3-2-15-10(16)6-19(17)11-8(12)4-7(14)5-9(11)13/h4-5H,2-3,6,14H2,1H3,(H,15,16). The fourth-order valence-corrected chi connectivity index (χ4v) is 2.37. The van der Waals surface area contributed by atoms with E-state index in [9.17, 15) is 17.8 Å². The van der Waals surface area contributed by atoms with Gasteiger partial charge in [-0.3, -0.25) is 9.00 Å². The van der Waals surface area contributed by atoms with Gasteiger partial charge >= 0.3 is 0 Å². The summed E-state index contributed by atoms with van der Waals surface area (Å²) >= 11 is 0. The van der Waals surface area contributed by atoms with E-state index in [0.29, 0.717) is 6.61 Å². The zero-order chi connectivity index (χ0) is 14.4. The molecule has 8 heteroatoms. The molecular formula is C11H14F2N2O3S. The van der Waals surface area contributed by atoms with Crippen molar-refractivity contribution in [2.45, 2.75) is 4.90 Å². The zero-order valence-electron chi connectivity index (χ0n) is 10.2. The number of carbonyl (C=O) groups excluding carboxylic acids is 1. The molecule has 106 valence electrons. The average molecular weight is 292 g/mol. The van der Waals surface area contributed by atoms with Gasteiger partial charge in [0.2, 0.25) is 5.91 Å². The first-order valence-corrected chi connectivity index (χ1v) is 6.66. The molecule has 1 aromatic carbocycles. The number of rotatable bonds is 6. The quantitative estimate of drug-likeness (QED) is 0.588. The van der Waals surface area contributed by atoms with Crippen LogP contribution in [0.25, 0.3) is 0 Å². The first kappa shape index (κ1) is 15.5. The van der Waals surface area contributed by atoms with Gasteiger partial charge in [0, 0.05) is 19.3 Å². The molecule has 1 atom stereocenters. The lowest BCUT2D eigenvalue weighted by Crippen LogP contribution is -2.31. The number of nitrogens with one attached hydrogen (secondary N) is 1. The van der Waals surface area contributed by atoms with E-state index in [1.165, 1.54) is 7.11 Å². The molecule has 1 aromatic rings. The summed E-state index contributed by atoms with van der Waals surface area (Å²) in [7, 11) is -0.647. The number of halogens is 2. The summed E-state index contributed by atoms with van der Waals surface area (Å²) in [6, 6.07) is 1.72. The Balaban J connectivity index is 2.71. The van der Waals surface area contributed by atoms with Crippen LogP contribution in [0.1, 0.15) is 0 Å². The molecule has 0 radical (unpaired) electrons. The van der Waals surface area contributed by atoms with E-state index in [1.54, 1.807) is 0 Å². The van der Waals surface area contributed by atoms with Gasteiger partial charge in [0.15, 0.2) is 0 Å². The van der Waals surface area contributed by atoms with Crippen molar-refractivity contribution >= 4 is 22.4 Å². The summed E-state index contributed by atoms with van der Waals surface area (Å²) in [6.45, 7) is 0.530. The van der Waals surface area contributed by atoms with Crippen LogP contribution in [0.5, 0.6) is 0 Å². The maximum absolute atomic E-state index is 13.5. The van der Waals surface area contributed by atoms with Gasteiger partial charge in [0.25, 0.3) is 0 Å². The summed E-state index contributed by atoms with van der Waals surface area (Å²) < 4.78 is 43.4. The van der Waals surface area contributed by atoms with Gasteiger partial charge in [-0.1, -0.05) is 0 Å². The molecule has 0 heterocycles. The van der Waals surface area contributed by atoms with Crippen LogP contribution in [0.15, 0.2) is 17.0 Å². The Labute approximate surface area is 111 Å². The predicted octanol–water partition coefficient (Wildman–Crippen LogP) is 0.417. The molecule has 0 spiro atoms. The van der Waals surface area contributed by atoms with Crippen molar-refractivity contribution in [3.05, 3.63) is 23.8 Å². The SMILES string of the molecule is COCCNC(=O)CS(=O)c1c(F)cc(N)cc1F. The summed E-state index contributed by atoms with van der Waals surface area (Å²) in [6.07, 6.45) is 0. The van der Waals surface area contributed by atoms with Crippen LogP contribution in [-0.4, -0.2) is 36.1 Å². The molecule has 0 bridgehead atoms. The maximum atomic E-state index is 13.5. The van der Waals surface area contributed by atoms with E-state index < -0.39 is 39.0 Å². The van der Waals surface area contributed by atoms with Crippen LogP contribution >= 0.6 is 0 Å². The van der Waals surface area contributed by atoms with E-state index in [-0.39, 0.29) is 12.2 Å². The number of nitrogens with two attached hydrogens (primary N) is 1. The van der Waals surface area contributed by atoms with Crippen LogP contribution in [0.4, 0.5) is 14.5 Å². The van der Waals surface area contributed by atoms with Crippen molar-refractivity contribution in [3.63, 3.8) is 0 Å². The third-order valence-corrected chi connectivity index (χ3v) is 3.51. The second kappa shape index (κ2) is 7.15. The third-order valence-electron chi connectivity index (χ3n) is 2.14. The second-order valence-corrected chi connectivity index (χ2v) is 5.03. The molecule has 5 nitrogen and oxygen atoms in total. The minimum absolute atomic E-state index is 0.111. The number of hydrogen-bond donors (Lipinski definition) is 2. The zero-order valence-corrected chi connectivity index (χ0v) is 11.1. The number of hydrogen-bond acceptors (Lipinski definition) is 4. The number of methoxy groups -OCH3 is 1. The fraction of sp³-hybridized carbons (Fsp3) is 0.364. The van der Waals surface area contributed by atoms with Crippen LogP contribution in [-0.2, 0) is 20.3 Å². The highest BCUT2D eigenvalue weighted by Crippen LogP contribution is 2.20. The van der Waals surface area contributed by atoms with E-state index in [2.05, 4.69) is 5.32 Å². The Morgan fingerprint density at radius 1 is 1.42 bits per heavy atom. The molecule has 3 N–H and O–H groups in total. The lowest BCUT2D eigenvalue weighted by molar-refractivity contribution is -0.118. The number of nitrogen functional groups attached to an aromatic ring is 1. The molecule has 0 aliphatic rings. The molecule has 0 fully saturated rings. The van der Waals surface area contributed by atoms with Gasteiger partial charge in [-0.2, -0.15) is 0 Å². The molecule has 0 aliphatic carbocycles. The molecule has 1 amide bonds. The van der Waals surface area contributed by atoms with E-state index >= 15 is 0 Å². The summed E-state index contributed by atoms with van der Waals surface area (Å²) in [4.78, 5) is 10.7. The number of anilines is 1. The Morgan fingerprint density at radius 2 is 2.00 bits per heavy atom. The van der Waals surface area contributed by atoms with Crippen molar-refractivity contribution in [3.8, 4) is 0 Å². The van der Waals surface area contributed by atoms with E-state index in [4.69, 9.17) is 10.5 Å². The molecule has 1 unspecified atom stereocenters. The molecular weight excluding hydrogens is 278 g/mol. The summed E-state index contributed by atoms with van der Waals surface area (Å²) in [5.41, 5.74) is 5.13. The van der Waals surface area contributed by atoms with Crippen LogP contribution < -0.4 is 11.1 Å². The first-order chi connectivity index (χ1) is 8.95. The van der Waals surface area contributed by atoms with E-state index in [1.807, 2.05) is 0 Å². The Bertz CT molecular complexity index is 474. The molecule has 0 aliphatic heterocycles. The topological polar surface area (TPSA) is 81.4 Å². The van der Waals surface area contributed by atoms with Gasteiger partial charge in [-0.15, -0.1) is 0 Å². The van der Waals surface area contributed by atoms with Crippen molar-refractivity contribution in [1.29, 1.82) is 0 Å². The number of amides is 1. The van der Waals surface area contributed by atoms with Gasteiger partial charge in [-0.25, -0.2) is 8.78 Å². The van der Waals surface area contributed by atoms with Gasteiger partial charge in [0.1, 0.15) is 22.3 Å². The van der Waals surface area contributed by atoms with Crippen LogP contribution in [0.2, 0.25) is 0 Å². The molecule has 0 saturated heterocycles. The number of carbonyl (C=O) groups is 1. The monoisotopic (exact) mass is 292 g/mol. The normalized spacial score (nSPS) is 12.2. The number of benzene rings is 1. The highest BCUT2D eigenvalue weighted by atomic mass is 32.2. The Hall–Kier alpha value is -1.54. The second-order valence-electron chi connectivity index (χ2n) is 3.65. The van der Waals surface area contributed by atoms with Gasteiger partial charge in [-0.05, 0) is 12.1 Å². The highest BCUT2D eigenvalue weighted by molar-refractivity contribution is 7.85. The average Bonchev–Trinajstić information content (AvgIpc) is 2.27. The Kier molecular flexibility index (Phi) is 5.84. The number of ether oxygens (including phenoxy) is 1. The lowest BCUT2D eigenvalue weighted by Gasteiger charge is -2.07. The third kappa shape index (κ3) is 4.56. The molecule has 19 heavy (non-hydrogen) atoms. The largest absolute Gasteiger partial charge is 0.399 e. The fourth-order valence-electron chi connectivity index (χ4n) is 1.33. The smallest absolute Gasteiger partial charge is 0.233 e. The first-order valence-electron chi connectivity index (χ1n) is 5.34. The maximum Gasteiger partial charge on any atom is 0.233 e. The molecule has 0 saturated carbocycles. The minimum atomic E-state index is -2.11.